The van der Waals surface area contributed by atoms with Gasteiger partial charge in [0.25, 0.3) is 5.91 Å². The van der Waals surface area contributed by atoms with Gasteiger partial charge in [-0.05, 0) is 18.2 Å². The summed E-state index contributed by atoms with van der Waals surface area (Å²) < 4.78 is 5.17. The second-order valence-corrected chi connectivity index (χ2v) is 6.27. The molecule has 10 nitrogen and oxygen atoms in total. The smallest absolute Gasteiger partial charge is 0.370 e. The third-order valence-corrected chi connectivity index (χ3v) is 4.13. The molecule has 0 aliphatic carbocycles. The Morgan fingerprint density at radius 1 is 1.18 bits per heavy atom. The van der Waals surface area contributed by atoms with Crippen LogP contribution in [-0.4, -0.2) is 75.2 Å². The van der Waals surface area contributed by atoms with Crippen LogP contribution in [0.5, 0.6) is 0 Å². The Hall–Kier alpha value is -2.95. The van der Waals surface area contributed by atoms with Crippen LogP contribution in [0.15, 0.2) is 42.2 Å². The lowest BCUT2D eigenvalue weighted by Crippen LogP contribution is -2.60. The molecule has 1 aliphatic rings. The molecule has 0 saturated carbocycles. The highest BCUT2D eigenvalue weighted by Crippen LogP contribution is 2.23. The number of carbonyl (C=O) groups excluding carboxylic acids is 2. The van der Waals surface area contributed by atoms with E-state index in [0.717, 1.165) is 6.08 Å². The SMILES string of the molecule is CC(=O)N[C@H]1[C@H]([C@H](O)[C@H](O)CNC(=O)c2ccccc2)OC(C(=O)O)=C[C@@H]1O. The molecule has 0 fully saturated rings. The molecule has 0 spiro atoms. The summed E-state index contributed by atoms with van der Waals surface area (Å²) in [6.07, 6.45) is -5.32. The number of aliphatic hydroxyl groups is 3. The maximum atomic E-state index is 12.0. The van der Waals surface area contributed by atoms with Gasteiger partial charge in [0.15, 0.2) is 6.10 Å². The van der Waals surface area contributed by atoms with Crippen molar-refractivity contribution < 1.29 is 39.5 Å². The fourth-order valence-corrected chi connectivity index (χ4v) is 2.75. The molecule has 0 bridgehead atoms. The summed E-state index contributed by atoms with van der Waals surface area (Å²) in [6, 6.07) is 6.99. The van der Waals surface area contributed by atoms with Crippen LogP contribution in [0.2, 0.25) is 0 Å². The first-order chi connectivity index (χ1) is 13.2. The van der Waals surface area contributed by atoms with Gasteiger partial charge in [-0.3, -0.25) is 9.59 Å². The first-order valence-electron chi connectivity index (χ1n) is 8.47. The molecule has 1 aromatic rings. The minimum atomic E-state index is -1.72. The Morgan fingerprint density at radius 3 is 2.39 bits per heavy atom. The van der Waals surface area contributed by atoms with Crippen molar-refractivity contribution >= 4 is 17.8 Å². The molecule has 0 radical (unpaired) electrons. The van der Waals surface area contributed by atoms with Crippen molar-refractivity contribution in [1.29, 1.82) is 0 Å². The molecule has 5 atom stereocenters. The largest absolute Gasteiger partial charge is 0.478 e. The molecule has 0 aromatic heterocycles. The molecule has 1 aliphatic heterocycles. The molecule has 0 unspecified atom stereocenters. The quantitative estimate of drug-likeness (QED) is 0.321. The zero-order valence-corrected chi connectivity index (χ0v) is 15.0. The van der Waals surface area contributed by atoms with E-state index >= 15 is 0 Å². The molecule has 2 rings (SSSR count). The van der Waals surface area contributed by atoms with Crippen LogP contribution in [0.25, 0.3) is 0 Å². The van der Waals surface area contributed by atoms with E-state index in [1.54, 1.807) is 30.3 Å². The van der Waals surface area contributed by atoms with Crippen LogP contribution in [0.3, 0.4) is 0 Å². The van der Waals surface area contributed by atoms with Gasteiger partial charge in [0, 0.05) is 19.0 Å². The summed E-state index contributed by atoms with van der Waals surface area (Å²) >= 11 is 0. The molecule has 152 valence electrons. The molecule has 0 saturated heterocycles. The fraction of sp³-hybridized carbons (Fsp3) is 0.389. The zero-order valence-electron chi connectivity index (χ0n) is 15.0. The van der Waals surface area contributed by atoms with E-state index in [1.807, 2.05) is 0 Å². The van der Waals surface area contributed by atoms with Crippen molar-refractivity contribution in [2.75, 3.05) is 6.54 Å². The number of amides is 2. The first kappa shape index (κ1) is 21.4. The Labute approximate surface area is 160 Å². The lowest BCUT2D eigenvalue weighted by Gasteiger charge is -2.38. The predicted molar refractivity (Wildman–Crippen MR) is 95.0 cm³/mol. The number of benzene rings is 1. The van der Waals surface area contributed by atoms with Gasteiger partial charge in [-0.1, -0.05) is 18.2 Å². The number of hydrogen-bond acceptors (Lipinski definition) is 7. The lowest BCUT2D eigenvalue weighted by molar-refractivity contribution is -0.147. The fourth-order valence-electron chi connectivity index (χ4n) is 2.75. The second kappa shape index (κ2) is 9.31. The van der Waals surface area contributed by atoms with Gasteiger partial charge in [0.2, 0.25) is 11.7 Å². The van der Waals surface area contributed by atoms with Crippen LogP contribution < -0.4 is 10.6 Å². The number of carboxylic acid groups (broad SMARTS) is 1. The third-order valence-electron chi connectivity index (χ3n) is 4.13. The highest BCUT2D eigenvalue weighted by atomic mass is 16.5. The molecule has 10 heteroatoms. The number of nitrogens with one attached hydrogen (secondary N) is 2. The van der Waals surface area contributed by atoms with E-state index in [0.29, 0.717) is 5.56 Å². The normalized spacial score (nSPS) is 23.6. The Kier molecular flexibility index (Phi) is 7.10. The van der Waals surface area contributed by atoms with E-state index in [2.05, 4.69) is 10.6 Å². The standard InChI is InChI=1S/C18H22N2O8/c1-9(21)20-14-11(22)7-13(18(26)27)28-16(14)15(24)12(23)8-19-17(25)10-5-3-2-4-6-10/h2-7,11-12,14-16,22-24H,8H2,1H3,(H,19,25)(H,20,21)(H,26,27)/t11-,12+,14+,15+,16+/m0/s1. The van der Waals surface area contributed by atoms with Crippen molar-refractivity contribution in [3.8, 4) is 0 Å². The predicted octanol–water partition coefficient (Wildman–Crippen LogP) is -1.63. The van der Waals surface area contributed by atoms with Gasteiger partial charge >= 0.3 is 5.97 Å². The summed E-state index contributed by atoms with van der Waals surface area (Å²) in [5.41, 5.74) is 0.348. The molecule has 6 N–H and O–H groups in total. The highest BCUT2D eigenvalue weighted by Gasteiger charge is 2.43. The molecule has 28 heavy (non-hydrogen) atoms. The summed E-state index contributed by atoms with van der Waals surface area (Å²) in [6.45, 7) is 0.798. The van der Waals surface area contributed by atoms with E-state index in [1.165, 1.54) is 6.92 Å². The Morgan fingerprint density at radius 2 is 1.82 bits per heavy atom. The van der Waals surface area contributed by atoms with Gasteiger partial charge in [-0.15, -0.1) is 0 Å². The Balaban J connectivity index is 2.08. The second-order valence-electron chi connectivity index (χ2n) is 6.27. The van der Waals surface area contributed by atoms with E-state index in [4.69, 9.17) is 9.84 Å². The number of aliphatic carboxylic acids is 1. The highest BCUT2D eigenvalue weighted by molar-refractivity contribution is 5.94. The van der Waals surface area contributed by atoms with E-state index in [-0.39, 0.29) is 6.54 Å². The average molecular weight is 394 g/mol. The van der Waals surface area contributed by atoms with Crippen LogP contribution in [0.1, 0.15) is 17.3 Å². The van der Waals surface area contributed by atoms with Crippen LogP contribution in [-0.2, 0) is 14.3 Å². The number of ether oxygens (including phenoxy) is 1. The average Bonchev–Trinajstić information content (AvgIpc) is 2.66. The van der Waals surface area contributed by atoms with Gasteiger partial charge < -0.3 is 35.8 Å². The molecule has 1 heterocycles. The van der Waals surface area contributed by atoms with E-state index in [9.17, 15) is 29.7 Å². The van der Waals surface area contributed by atoms with Crippen molar-refractivity contribution in [3.63, 3.8) is 0 Å². The van der Waals surface area contributed by atoms with Gasteiger partial charge in [0.1, 0.15) is 18.3 Å². The van der Waals surface area contributed by atoms with Crippen molar-refractivity contribution in [2.45, 2.75) is 37.4 Å². The van der Waals surface area contributed by atoms with Crippen LogP contribution >= 0.6 is 0 Å². The van der Waals surface area contributed by atoms with Gasteiger partial charge in [-0.2, -0.15) is 0 Å². The van der Waals surface area contributed by atoms with Crippen LogP contribution in [0.4, 0.5) is 0 Å². The summed E-state index contributed by atoms with van der Waals surface area (Å²) in [4.78, 5) is 34.5. The first-order valence-corrected chi connectivity index (χ1v) is 8.47. The Bertz CT molecular complexity index is 751. The zero-order chi connectivity index (χ0) is 20.8. The minimum absolute atomic E-state index is 0.348. The number of hydrogen-bond donors (Lipinski definition) is 6. The van der Waals surface area contributed by atoms with E-state index < -0.39 is 54.0 Å². The summed E-state index contributed by atoms with van der Waals surface area (Å²) in [7, 11) is 0. The van der Waals surface area contributed by atoms with Crippen molar-refractivity contribution in [2.24, 2.45) is 0 Å². The van der Waals surface area contributed by atoms with Crippen LogP contribution in [0, 0.1) is 0 Å². The third kappa shape index (κ3) is 5.28. The summed E-state index contributed by atoms with van der Waals surface area (Å²) in [5.74, 6) is -3.15. The minimum Gasteiger partial charge on any atom is -0.478 e. The lowest BCUT2D eigenvalue weighted by atomic mass is 9.93. The number of aliphatic hydroxyl groups excluding tert-OH is 3. The molecule has 1 aromatic carbocycles. The van der Waals surface area contributed by atoms with Gasteiger partial charge in [0.05, 0.1) is 6.04 Å². The molecule has 2 amide bonds. The number of carbonyl (C=O) groups is 3. The van der Waals surface area contributed by atoms with Crippen molar-refractivity contribution in [1.82, 2.24) is 10.6 Å². The number of rotatable bonds is 7. The van der Waals surface area contributed by atoms with Gasteiger partial charge in [-0.25, -0.2) is 4.79 Å². The summed E-state index contributed by atoms with van der Waals surface area (Å²) in [5, 5.41) is 44.6. The maximum Gasteiger partial charge on any atom is 0.370 e. The van der Waals surface area contributed by atoms with Crippen molar-refractivity contribution in [3.05, 3.63) is 47.7 Å². The maximum absolute atomic E-state index is 12.0. The molecular formula is C18H22N2O8. The molecular weight excluding hydrogens is 372 g/mol. The number of carboxylic acids is 1. The topological polar surface area (TPSA) is 165 Å². The monoisotopic (exact) mass is 394 g/mol.